The van der Waals surface area contributed by atoms with Gasteiger partial charge >= 0.3 is 5.97 Å². The lowest BCUT2D eigenvalue weighted by molar-refractivity contribution is -0.150. The van der Waals surface area contributed by atoms with Gasteiger partial charge in [0, 0.05) is 16.0 Å². The van der Waals surface area contributed by atoms with Gasteiger partial charge in [-0.25, -0.2) is 9.78 Å². The van der Waals surface area contributed by atoms with E-state index in [1.165, 1.54) is 39.8 Å². The Kier molecular flexibility index (Phi) is 5.27. The topological polar surface area (TPSA) is 151 Å². The van der Waals surface area contributed by atoms with Crippen molar-refractivity contribution in [3.8, 4) is 0 Å². The number of nitrogens with zero attached hydrogens (tertiary/aromatic N) is 4. The summed E-state index contributed by atoms with van der Waals surface area (Å²) in [7, 11) is 0. The summed E-state index contributed by atoms with van der Waals surface area (Å²) < 4.78 is 4.50. The van der Waals surface area contributed by atoms with Gasteiger partial charge < -0.3 is 16.2 Å². The van der Waals surface area contributed by atoms with Crippen molar-refractivity contribution in [1.82, 2.24) is 24.8 Å². The fourth-order valence-electron chi connectivity index (χ4n) is 2.79. The number of carboxylic acid groups (broad SMARTS) is 1. The molecule has 1 saturated heterocycles. The number of thiazole rings is 1. The first kappa shape index (κ1) is 19.2. The minimum Gasteiger partial charge on any atom is -0.477 e. The number of nitrogens with two attached hydrogens (primary N) is 1. The molecular formula is C14H12N6O4S4. The van der Waals surface area contributed by atoms with E-state index in [0.29, 0.717) is 21.5 Å². The van der Waals surface area contributed by atoms with Crippen molar-refractivity contribution in [2.75, 3.05) is 11.5 Å². The number of β-lactam (4-membered cyclic amide) rings is 1. The molecule has 0 aliphatic carbocycles. The summed E-state index contributed by atoms with van der Waals surface area (Å²) in [6.07, 6.45) is 1.56. The third-order valence-electron chi connectivity index (χ3n) is 3.93. The molecule has 0 aromatic carbocycles. The summed E-state index contributed by atoms with van der Waals surface area (Å²) in [6, 6.07) is -0.764. The van der Waals surface area contributed by atoms with E-state index in [0.717, 1.165) is 15.7 Å². The van der Waals surface area contributed by atoms with E-state index in [1.807, 2.05) is 0 Å². The highest BCUT2D eigenvalue weighted by molar-refractivity contribution is 8.07. The number of rotatable bonds is 6. The fourth-order valence-corrected chi connectivity index (χ4v) is 6.43. The average Bonchev–Trinajstić information content (AvgIpc) is 3.30. The maximum absolute atomic E-state index is 12.6. The first-order valence-corrected chi connectivity index (χ1v) is 11.3. The van der Waals surface area contributed by atoms with Crippen LogP contribution in [0.3, 0.4) is 0 Å². The molecule has 146 valence electrons. The van der Waals surface area contributed by atoms with Gasteiger partial charge in [0.15, 0.2) is 5.13 Å². The number of hydrogen-bond acceptors (Lipinski definition) is 11. The van der Waals surface area contributed by atoms with Gasteiger partial charge in [-0.05, 0) is 11.5 Å². The Morgan fingerprint density at radius 3 is 2.93 bits per heavy atom. The predicted molar refractivity (Wildman–Crippen MR) is 106 cm³/mol. The molecule has 2 aromatic heterocycles. The molecule has 0 spiro atoms. The van der Waals surface area contributed by atoms with Gasteiger partial charge in [0.2, 0.25) is 5.91 Å². The molecule has 4 rings (SSSR count). The molecule has 4 heterocycles. The summed E-state index contributed by atoms with van der Waals surface area (Å²) in [5.41, 5.74) is 6.03. The Balaban J connectivity index is 1.47. The SMILES string of the molecule is Nc1nc(CC(=O)N[C@@H]2C(=O)N3C(C(=O)O)=C(Sc4cnns4)CS[C@@H]23)cs1. The van der Waals surface area contributed by atoms with Crippen LogP contribution in [0.2, 0.25) is 0 Å². The van der Waals surface area contributed by atoms with Crippen molar-refractivity contribution in [2.24, 2.45) is 0 Å². The van der Waals surface area contributed by atoms with Crippen LogP contribution in [0.25, 0.3) is 0 Å². The van der Waals surface area contributed by atoms with Gasteiger partial charge in [-0.1, -0.05) is 16.3 Å². The molecule has 4 N–H and O–H groups in total. The molecule has 0 unspecified atom stereocenters. The second kappa shape index (κ2) is 7.69. The van der Waals surface area contributed by atoms with E-state index in [1.54, 1.807) is 11.6 Å². The number of carbonyl (C=O) groups is 3. The summed E-state index contributed by atoms with van der Waals surface area (Å²) in [6.45, 7) is 0. The number of hydrogen-bond donors (Lipinski definition) is 3. The zero-order valence-corrected chi connectivity index (χ0v) is 17.2. The Hall–Kier alpha value is -2.16. The Bertz CT molecular complexity index is 974. The first-order valence-electron chi connectivity index (χ1n) is 7.79. The van der Waals surface area contributed by atoms with Crippen LogP contribution >= 0.6 is 46.4 Å². The third-order valence-corrected chi connectivity index (χ3v) is 7.94. The number of anilines is 1. The quantitative estimate of drug-likeness (QED) is 0.527. The summed E-state index contributed by atoms with van der Waals surface area (Å²) in [5.74, 6) is -1.57. The highest BCUT2D eigenvalue weighted by Crippen LogP contribution is 2.45. The smallest absolute Gasteiger partial charge is 0.353 e. The highest BCUT2D eigenvalue weighted by atomic mass is 32.2. The molecular weight excluding hydrogens is 444 g/mol. The monoisotopic (exact) mass is 456 g/mol. The molecule has 2 aliphatic rings. The lowest BCUT2D eigenvalue weighted by Gasteiger charge is -2.49. The van der Waals surface area contributed by atoms with Crippen molar-refractivity contribution in [3.63, 3.8) is 0 Å². The van der Waals surface area contributed by atoms with E-state index < -0.39 is 23.3 Å². The van der Waals surface area contributed by atoms with Crippen LogP contribution < -0.4 is 11.1 Å². The zero-order chi connectivity index (χ0) is 19.8. The van der Waals surface area contributed by atoms with Gasteiger partial charge in [-0.2, -0.15) is 0 Å². The highest BCUT2D eigenvalue weighted by Gasteiger charge is 2.54. The molecule has 2 atom stereocenters. The normalized spacial score (nSPS) is 21.3. The van der Waals surface area contributed by atoms with Crippen LogP contribution in [-0.2, 0) is 20.8 Å². The van der Waals surface area contributed by atoms with Crippen LogP contribution in [0.5, 0.6) is 0 Å². The number of aromatic nitrogens is 3. The number of thioether (sulfide) groups is 2. The maximum Gasteiger partial charge on any atom is 0.353 e. The van der Waals surface area contributed by atoms with Crippen molar-refractivity contribution in [1.29, 1.82) is 0 Å². The largest absolute Gasteiger partial charge is 0.477 e. The number of nitrogens with one attached hydrogen (secondary N) is 1. The van der Waals surface area contributed by atoms with E-state index >= 15 is 0 Å². The molecule has 2 amide bonds. The molecule has 14 heteroatoms. The van der Waals surface area contributed by atoms with Gasteiger partial charge in [0.1, 0.15) is 21.3 Å². The Labute approximate surface area is 174 Å². The standard InChI is InChI=1S/C14H12N6O4S4/c15-14-17-5(3-26-14)1-7(21)18-9-11(22)20-10(13(23)24)6(4-25-12(9)20)27-8-2-16-19-28-8/h2-3,9,12H,1,4H2,(H2,15,17)(H,18,21)(H,23,24)/t9-,12+/m1/s1. The predicted octanol–water partition coefficient (Wildman–Crippen LogP) is 0.608. The first-order chi connectivity index (χ1) is 13.4. The number of carbonyl (C=O) groups excluding carboxylic acids is 2. The minimum absolute atomic E-state index is 0.00989. The minimum atomic E-state index is -1.18. The Morgan fingerprint density at radius 1 is 1.46 bits per heavy atom. The average molecular weight is 457 g/mol. The van der Waals surface area contributed by atoms with Crippen molar-refractivity contribution >= 4 is 69.3 Å². The van der Waals surface area contributed by atoms with Crippen LogP contribution in [0.4, 0.5) is 5.13 Å². The van der Waals surface area contributed by atoms with Gasteiger partial charge in [0.25, 0.3) is 5.91 Å². The second-order valence-electron chi connectivity index (χ2n) is 5.72. The molecule has 10 nitrogen and oxygen atoms in total. The van der Waals surface area contributed by atoms with Gasteiger partial charge in [0.05, 0.1) is 18.3 Å². The number of nitrogen functional groups attached to an aromatic ring is 1. The third kappa shape index (κ3) is 3.59. The van der Waals surface area contributed by atoms with E-state index in [9.17, 15) is 19.5 Å². The fraction of sp³-hybridized carbons (Fsp3) is 0.286. The van der Waals surface area contributed by atoms with Gasteiger partial charge in [-0.15, -0.1) is 28.2 Å². The van der Waals surface area contributed by atoms with E-state index in [2.05, 4.69) is 19.9 Å². The molecule has 2 aliphatic heterocycles. The van der Waals surface area contributed by atoms with Crippen molar-refractivity contribution in [3.05, 3.63) is 27.9 Å². The number of amides is 2. The summed E-state index contributed by atoms with van der Waals surface area (Å²) in [4.78, 5) is 42.4. The number of fused-ring (bicyclic) bond motifs is 1. The lowest BCUT2D eigenvalue weighted by atomic mass is 10.0. The van der Waals surface area contributed by atoms with E-state index in [-0.39, 0.29) is 18.0 Å². The van der Waals surface area contributed by atoms with Gasteiger partial charge in [-0.3, -0.25) is 14.5 Å². The summed E-state index contributed by atoms with van der Waals surface area (Å²) in [5, 5.41) is 17.6. The second-order valence-corrected chi connectivity index (χ2v) is 9.90. The lowest BCUT2D eigenvalue weighted by Crippen LogP contribution is -2.70. The molecule has 1 fully saturated rings. The molecule has 0 radical (unpaired) electrons. The van der Waals surface area contributed by atoms with Crippen LogP contribution in [0.1, 0.15) is 5.69 Å². The number of carboxylic acids is 1. The van der Waals surface area contributed by atoms with Crippen LogP contribution in [-0.4, -0.2) is 59.5 Å². The maximum atomic E-state index is 12.6. The van der Waals surface area contributed by atoms with Crippen LogP contribution in [0.15, 0.2) is 26.4 Å². The van der Waals surface area contributed by atoms with Crippen molar-refractivity contribution in [2.45, 2.75) is 22.0 Å². The number of aliphatic carboxylic acids is 1. The molecule has 0 bridgehead atoms. The zero-order valence-electron chi connectivity index (χ0n) is 13.9. The molecule has 0 saturated carbocycles. The molecule has 2 aromatic rings. The van der Waals surface area contributed by atoms with Crippen LogP contribution in [0, 0.1) is 0 Å². The van der Waals surface area contributed by atoms with Crippen molar-refractivity contribution < 1.29 is 19.5 Å². The van der Waals surface area contributed by atoms with E-state index in [4.69, 9.17) is 5.73 Å². The molecule has 28 heavy (non-hydrogen) atoms. The Morgan fingerprint density at radius 2 is 2.29 bits per heavy atom. The summed E-state index contributed by atoms with van der Waals surface area (Å²) >= 11 is 5.04.